The Morgan fingerprint density at radius 3 is 3.14 bits per heavy atom. The van der Waals surface area contributed by atoms with Crippen molar-refractivity contribution in [2.75, 3.05) is 19.7 Å². The highest BCUT2D eigenvalue weighted by Crippen LogP contribution is 2.61. The molecule has 0 bridgehead atoms. The fourth-order valence-electron chi connectivity index (χ4n) is 3.33. The summed E-state index contributed by atoms with van der Waals surface area (Å²) in [5.74, 6) is 1.14. The fraction of sp³-hybridized carbons (Fsp3) is 0.636. The molecule has 1 saturated carbocycles. The summed E-state index contributed by atoms with van der Waals surface area (Å²) in [6, 6.07) is 4.28. The normalized spacial score (nSPS) is 39.9. The molecule has 0 amide bonds. The number of hydrogen-bond acceptors (Lipinski definition) is 2. The molecule has 1 aliphatic carbocycles. The fourth-order valence-corrected chi connectivity index (χ4v) is 3.33. The van der Waals surface area contributed by atoms with Crippen LogP contribution in [0.5, 0.6) is 0 Å². The Hall–Kier alpha value is -0.800. The standard InChI is InChI=1S/C11H16N2O/c1-13-4-2-3-10(13)11-7-12-5-8(11)9(11)6-14/h2-4,8-9,12,14H,5-7H2,1H3. The van der Waals surface area contributed by atoms with E-state index in [1.165, 1.54) is 5.69 Å². The number of nitrogens with zero attached hydrogens (tertiary/aromatic N) is 1. The van der Waals surface area contributed by atoms with Gasteiger partial charge in [0, 0.05) is 37.5 Å². The van der Waals surface area contributed by atoms with Gasteiger partial charge in [-0.2, -0.15) is 0 Å². The second-order valence-electron chi connectivity index (χ2n) is 4.57. The Morgan fingerprint density at radius 1 is 1.71 bits per heavy atom. The van der Waals surface area contributed by atoms with Gasteiger partial charge in [-0.3, -0.25) is 0 Å². The van der Waals surface area contributed by atoms with Crippen molar-refractivity contribution in [1.82, 2.24) is 9.88 Å². The van der Waals surface area contributed by atoms with Crippen LogP contribution < -0.4 is 5.32 Å². The molecule has 2 N–H and O–H groups in total. The van der Waals surface area contributed by atoms with Crippen LogP contribution in [0.4, 0.5) is 0 Å². The van der Waals surface area contributed by atoms with Gasteiger partial charge in [-0.1, -0.05) is 0 Å². The van der Waals surface area contributed by atoms with Gasteiger partial charge in [0.2, 0.25) is 0 Å². The second kappa shape index (κ2) is 2.61. The van der Waals surface area contributed by atoms with E-state index in [-0.39, 0.29) is 5.41 Å². The molecule has 3 atom stereocenters. The van der Waals surface area contributed by atoms with E-state index < -0.39 is 0 Å². The van der Waals surface area contributed by atoms with Gasteiger partial charge in [0.25, 0.3) is 0 Å². The third-order valence-electron chi connectivity index (χ3n) is 4.10. The van der Waals surface area contributed by atoms with Crippen molar-refractivity contribution in [3.05, 3.63) is 24.0 Å². The largest absolute Gasteiger partial charge is 0.396 e. The summed E-state index contributed by atoms with van der Waals surface area (Å²) in [5, 5.41) is 12.7. The van der Waals surface area contributed by atoms with E-state index >= 15 is 0 Å². The molecule has 1 aromatic rings. The third kappa shape index (κ3) is 0.799. The third-order valence-corrected chi connectivity index (χ3v) is 4.10. The van der Waals surface area contributed by atoms with Crippen LogP contribution >= 0.6 is 0 Å². The van der Waals surface area contributed by atoms with E-state index in [9.17, 15) is 5.11 Å². The average Bonchev–Trinajstić information content (AvgIpc) is 2.60. The molecule has 3 heteroatoms. The first kappa shape index (κ1) is 8.50. The Labute approximate surface area is 83.7 Å². The Kier molecular flexibility index (Phi) is 1.59. The lowest BCUT2D eigenvalue weighted by Gasteiger charge is -2.15. The Balaban J connectivity index is 2.02. The van der Waals surface area contributed by atoms with Gasteiger partial charge in [-0.15, -0.1) is 0 Å². The minimum atomic E-state index is 0.243. The molecule has 76 valence electrons. The van der Waals surface area contributed by atoms with Crippen molar-refractivity contribution in [3.8, 4) is 0 Å². The maximum Gasteiger partial charge on any atom is 0.0472 e. The number of aromatic nitrogens is 1. The van der Waals surface area contributed by atoms with Gasteiger partial charge in [-0.25, -0.2) is 0 Å². The molecule has 0 radical (unpaired) electrons. The number of hydrogen-bond donors (Lipinski definition) is 2. The molecule has 1 saturated heterocycles. The van der Waals surface area contributed by atoms with Crippen LogP contribution in [0.3, 0.4) is 0 Å². The lowest BCUT2D eigenvalue weighted by atomic mass is 9.99. The molecule has 2 aliphatic rings. The van der Waals surface area contributed by atoms with Crippen LogP contribution in [-0.4, -0.2) is 29.4 Å². The second-order valence-corrected chi connectivity index (χ2v) is 4.57. The number of fused-ring (bicyclic) bond motifs is 1. The molecule has 3 rings (SSSR count). The average molecular weight is 192 g/mol. The number of aliphatic hydroxyl groups is 1. The number of nitrogens with one attached hydrogen (secondary N) is 1. The molecule has 0 aromatic carbocycles. The number of aryl methyl sites for hydroxylation is 1. The summed E-state index contributed by atoms with van der Waals surface area (Å²) in [6.45, 7) is 2.43. The van der Waals surface area contributed by atoms with Crippen LogP contribution in [0.2, 0.25) is 0 Å². The van der Waals surface area contributed by atoms with Crippen LogP contribution in [0.1, 0.15) is 5.69 Å². The quantitative estimate of drug-likeness (QED) is 0.697. The molecule has 0 spiro atoms. The molecule has 3 unspecified atom stereocenters. The zero-order valence-corrected chi connectivity index (χ0v) is 8.40. The summed E-state index contributed by atoms with van der Waals surface area (Å²) < 4.78 is 2.19. The minimum Gasteiger partial charge on any atom is -0.396 e. The SMILES string of the molecule is Cn1cccc1C12CNCC1C2CO. The van der Waals surface area contributed by atoms with Crippen molar-refractivity contribution < 1.29 is 5.11 Å². The van der Waals surface area contributed by atoms with E-state index in [1.54, 1.807) is 0 Å². The molecular formula is C11H16N2O. The summed E-state index contributed by atoms with van der Waals surface area (Å²) in [6.07, 6.45) is 2.09. The zero-order chi connectivity index (χ0) is 9.76. The van der Waals surface area contributed by atoms with Crippen molar-refractivity contribution in [3.63, 3.8) is 0 Å². The van der Waals surface area contributed by atoms with E-state index in [4.69, 9.17) is 0 Å². The highest BCUT2D eigenvalue weighted by molar-refractivity contribution is 5.36. The lowest BCUT2D eigenvalue weighted by molar-refractivity contribution is 0.252. The van der Waals surface area contributed by atoms with Gasteiger partial charge < -0.3 is 15.0 Å². The monoisotopic (exact) mass is 192 g/mol. The first-order valence-corrected chi connectivity index (χ1v) is 5.24. The van der Waals surface area contributed by atoms with E-state index in [2.05, 4.69) is 35.3 Å². The molecule has 1 aromatic heterocycles. The van der Waals surface area contributed by atoms with Gasteiger partial charge in [-0.05, 0) is 30.5 Å². The van der Waals surface area contributed by atoms with Crippen molar-refractivity contribution in [2.24, 2.45) is 18.9 Å². The molecular weight excluding hydrogens is 176 g/mol. The lowest BCUT2D eigenvalue weighted by Crippen LogP contribution is -2.26. The van der Waals surface area contributed by atoms with Gasteiger partial charge in [0.05, 0.1) is 0 Å². The van der Waals surface area contributed by atoms with Crippen LogP contribution in [0.15, 0.2) is 18.3 Å². The highest BCUT2D eigenvalue weighted by atomic mass is 16.3. The predicted molar refractivity (Wildman–Crippen MR) is 54.0 cm³/mol. The number of piperidine rings is 1. The summed E-state index contributed by atoms with van der Waals surface area (Å²) in [4.78, 5) is 0. The first-order chi connectivity index (χ1) is 6.80. The zero-order valence-electron chi connectivity index (χ0n) is 8.40. The molecule has 14 heavy (non-hydrogen) atoms. The van der Waals surface area contributed by atoms with E-state index in [1.807, 2.05) is 0 Å². The van der Waals surface area contributed by atoms with Crippen molar-refractivity contribution in [1.29, 1.82) is 0 Å². The molecule has 2 heterocycles. The molecule has 3 nitrogen and oxygen atoms in total. The van der Waals surface area contributed by atoms with Crippen molar-refractivity contribution >= 4 is 0 Å². The smallest absolute Gasteiger partial charge is 0.0472 e. The Bertz CT molecular complexity index is 354. The molecule has 1 aliphatic heterocycles. The van der Waals surface area contributed by atoms with Crippen LogP contribution in [0, 0.1) is 11.8 Å². The van der Waals surface area contributed by atoms with Crippen LogP contribution in [-0.2, 0) is 12.5 Å². The Morgan fingerprint density at radius 2 is 2.57 bits per heavy atom. The van der Waals surface area contributed by atoms with E-state index in [0.29, 0.717) is 18.4 Å². The van der Waals surface area contributed by atoms with Crippen LogP contribution in [0.25, 0.3) is 0 Å². The van der Waals surface area contributed by atoms with Gasteiger partial charge >= 0.3 is 0 Å². The maximum absolute atomic E-state index is 9.33. The summed E-state index contributed by atoms with van der Waals surface area (Å²) in [5.41, 5.74) is 1.62. The topological polar surface area (TPSA) is 37.2 Å². The maximum atomic E-state index is 9.33. The van der Waals surface area contributed by atoms with Gasteiger partial charge in [0.1, 0.15) is 0 Å². The number of aliphatic hydroxyl groups excluding tert-OH is 1. The van der Waals surface area contributed by atoms with Crippen molar-refractivity contribution in [2.45, 2.75) is 5.41 Å². The van der Waals surface area contributed by atoms with Gasteiger partial charge in [0.15, 0.2) is 0 Å². The van der Waals surface area contributed by atoms with E-state index in [0.717, 1.165) is 13.1 Å². The highest BCUT2D eigenvalue weighted by Gasteiger charge is 2.68. The minimum absolute atomic E-state index is 0.243. The number of rotatable bonds is 2. The summed E-state index contributed by atoms with van der Waals surface area (Å²) in [7, 11) is 2.09. The molecule has 2 fully saturated rings. The first-order valence-electron chi connectivity index (χ1n) is 5.24. The summed E-state index contributed by atoms with van der Waals surface area (Å²) >= 11 is 0. The predicted octanol–water partition coefficient (Wildman–Crippen LogP) is 0.104.